The Balaban J connectivity index is 2.14. The first-order chi connectivity index (χ1) is 17.4. The normalized spacial score (nSPS) is 20.9. The van der Waals surface area contributed by atoms with E-state index in [0.717, 1.165) is 18.4 Å². The number of likely N-dealkylation sites (tertiary alicyclic amines) is 1. The highest BCUT2D eigenvalue weighted by molar-refractivity contribution is 5.89. The van der Waals surface area contributed by atoms with Crippen LogP contribution in [0.1, 0.15) is 45.1 Å². The van der Waals surface area contributed by atoms with Crippen LogP contribution >= 0.6 is 0 Å². The van der Waals surface area contributed by atoms with Crippen LogP contribution in [0, 0.1) is 29.2 Å². The number of allylic oxidation sites excluding steroid dienone is 1. The lowest BCUT2D eigenvalue weighted by Crippen LogP contribution is -2.55. The standard InChI is InChI=1S/C25H34F4N2O6/c1-4-13(2)8-9-18(32)21(33)22(34)23(37-3)24(35)30-17-7-5-6-10-31(25(17)36)12-14-19(28)15(26)11-16(27)20(14)29/h8-9,11,13,17-18,21-23,32-34H,4-7,10,12H2,1-3H3,(H,30,35)/t13?,17-,18+,21-,22+,23+/m0/s1. The van der Waals surface area contributed by atoms with Gasteiger partial charge in [-0.15, -0.1) is 0 Å². The summed E-state index contributed by atoms with van der Waals surface area (Å²) < 4.78 is 60.5. The van der Waals surface area contributed by atoms with Crippen LogP contribution in [-0.2, 0) is 20.9 Å². The molecule has 208 valence electrons. The molecular formula is C25H34F4N2O6. The Labute approximate surface area is 212 Å². The Bertz CT molecular complexity index is 953. The summed E-state index contributed by atoms with van der Waals surface area (Å²) in [6.07, 6.45) is -2.13. The maximum Gasteiger partial charge on any atom is 0.252 e. The van der Waals surface area contributed by atoms with Gasteiger partial charge >= 0.3 is 0 Å². The van der Waals surface area contributed by atoms with E-state index in [1.807, 2.05) is 13.8 Å². The van der Waals surface area contributed by atoms with Crippen molar-refractivity contribution >= 4 is 11.8 Å². The van der Waals surface area contributed by atoms with Crippen molar-refractivity contribution in [3.63, 3.8) is 0 Å². The third kappa shape index (κ3) is 7.73. The second-order valence-electron chi connectivity index (χ2n) is 9.16. The van der Waals surface area contributed by atoms with Crippen molar-refractivity contribution in [2.45, 2.75) is 76.5 Å². The monoisotopic (exact) mass is 534 g/mol. The lowest BCUT2D eigenvalue weighted by atomic mass is 9.99. The van der Waals surface area contributed by atoms with Gasteiger partial charge in [0.25, 0.3) is 5.91 Å². The SMILES string of the molecule is CCC(C)C=C[C@@H](O)[C@H](O)[C@@H](O)[C@@H](OC)C(=O)N[C@H]1CCCCN(Cc2c(F)c(F)cc(F)c2F)C1=O. The highest BCUT2D eigenvalue weighted by atomic mass is 19.2. The van der Waals surface area contributed by atoms with E-state index in [0.29, 0.717) is 12.8 Å². The molecule has 1 fully saturated rings. The number of aliphatic hydroxyl groups excluding tert-OH is 3. The molecule has 0 aromatic heterocycles. The number of benzene rings is 1. The molecule has 2 amide bonds. The second kappa shape index (κ2) is 13.8. The molecule has 1 saturated heterocycles. The molecule has 1 aromatic carbocycles. The van der Waals surface area contributed by atoms with Crippen LogP contribution < -0.4 is 5.32 Å². The number of methoxy groups -OCH3 is 1. The predicted octanol–water partition coefficient (Wildman–Crippen LogP) is 1.94. The average molecular weight is 535 g/mol. The van der Waals surface area contributed by atoms with Crippen molar-refractivity contribution in [2.24, 2.45) is 5.92 Å². The van der Waals surface area contributed by atoms with E-state index < -0.39 is 77.6 Å². The number of rotatable bonds is 11. The largest absolute Gasteiger partial charge is 0.387 e. The maximum atomic E-state index is 14.2. The number of halogens is 4. The number of hydrogen-bond acceptors (Lipinski definition) is 6. The Hall–Kier alpha value is -2.54. The highest BCUT2D eigenvalue weighted by Crippen LogP contribution is 2.23. The predicted molar refractivity (Wildman–Crippen MR) is 125 cm³/mol. The molecular weight excluding hydrogens is 500 g/mol. The van der Waals surface area contributed by atoms with Gasteiger partial charge in [0.2, 0.25) is 5.91 Å². The summed E-state index contributed by atoms with van der Waals surface area (Å²) in [5.74, 6) is -8.05. The second-order valence-corrected chi connectivity index (χ2v) is 9.16. The fourth-order valence-electron chi connectivity index (χ4n) is 3.94. The summed E-state index contributed by atoms with van der Waals surface area (Å²) in [6.45, 7) is 3.07. The molecule has 0 spiro atoms. The number of nitrogens with zero attached hydrogens (tertiary/aromatic N) is 1. The summed E-state index contributed by atoms with van der Waals surface area (Å²) in [5, 5.41) is 33.3. The van der Waals surface area contributed by atoms with E-state index in [1.165, 1.54) is 6.08 Å². The number of carbonyl (C=O) groups is 2. The van der Waals surface area contributed by atoms with E-state index in [1.54, 1.807) is 6.08 Å². The topological polar surface area (TPSA) is 119 Å². The smallest absolute Gasteiger partial charge is 0.252 e. The van der Waals surface area contributed by atoms with E-state index in [2.05, 4.69) is 5.32 Å². The molecule has 8 nitrogen and oxygen atoms in total. The highest BCUT2D eigenvalue weighted by Gasteiger charge is 2.38. The van der Waals surface area contributed by atoms with E-state index in [-0.39, 0.29) is 24.9 Å². The van der Waals surface area contributed by atoms with Gasteiger partial charge in [-0.25, -0.2) is 17.6 Å². The molecule has 1 heterocycles. The van der Waals surface area contributed by atoms with Gasteiger partial charge in [0, 0.05) is 25.3 Å². The minimum atomic E-state index is -1.86. The fourth-order valence-corrected chi connectivity index (χ4v) is 3.94. The minimum Gasteiger partial charge on any atom is -0.387 e. The molecule has 2 rings (SSSR count). The lowest BCUT2D eigenvalue weighted by molar-refractivity contribution is -0.151. The summed E-state index contributed by atoms with van der Waals surface area (Å²) in [6, 6.07) is -1.12. The van der Waals surface area contributed by atoms with Gasteiger partial charge in [-0.2, -0.15) is 0 Å². The first-order valence-corrected chi connectivity index (χ1v) is 12.1. The molecule has 6 atom stereocenters. The summed E-state index contributed by atoms with van der Waals surface area (Å²) >= 11 is 0. The lowest BCUT2D eigenvalue weighted by Gasteiger charge is -2.29. The zero-order valence-corrected chi connectivity index (χ0v) is 21.0. The first-order valence-electron chi connectivity index (χ1n) is 12.1. The van der Waals surface area contributed by atoms with Gasteiger partial charge in [-0.05, 0) is 25.2 Å². The van der Waals surface area contributed by atoms with Crippen molar-refractivity contribution < 1.29 is 47.2 Å². The molecule has 0 aliphatic carbocycles. The van der Waals surface area contributed by atoms with Crippen LogP contribution in [0.15, 0.2) is 18.2 Å². The van der Waals surface area contributed by atoms with Crippen molar-refractivity contribution in [1.82, 2.24) is 10.2 Å². The van der Waals surface area contributed by atoms with Gasteiger partial charge in [-0.1, -0.05) is 32.4 Å². The van der Waals surface area contributed by atoms with Crippen molar-refractivity contribution in [3.05, 3.63) is 47.1 Å². The third-order valence-corrected chi connectivity index (χ3v) is 6.45. The van der Waals surface area contributed by atoms with Crippen LogP contribution in [0.25, 0.3) is 0 Å². The summed E-state index contributed by atoms with van der Waals surface area (Å²) in [5.41, 5.74) is -0.953. The van der Waals surface area contributed by atoms with E-state index in [9.17, 15) is 42.5 Å². The summed E-state index contributed by atoms with van der Waals surface area (Å²) in [7, 11) is 1.09. The molecule has 4 N–H and O–H groups in total. The molecule has 1 aliphatic rings. The quantitative estimate of drug-likeness (QED) is 0.196. The van der Waals surface area contributed by atoms with Gasteiger partial charge in [-0.3, -0.25) is 9.59 Å². The zero-order valence-electron chi connectivity index (χ0n) is 21.0. The number of hydrogen-bond donors (Lipinski definition) is 4. The van der Waals surface area contributed by atoms with Crippen LogP contribution in [-0.4, -0.2) is 76.1 Å². The van der Waals surface area contributed by atoms with Crippen molar-refractivity contribution in [3.8, 4) is 0 Å². The Kier molecular flexibility index (Phi) is 11.5. The third-order valence-electron chi connectivity index (χ3n) is 6.45. The van der Waals surface area contributed by atoms with Gasteiger partial charge < -0.3 is 30.3 Å². The van der Waals surface area contributed by atoms with Gasteiger partial charge in [0.15, 0.2) is 29.4 Å². The number of aliphatic hydroxyl groups is 3. The van der Waals surface area contributed by atoms with Crippen LogP contribution in [0.2, 0.25) is 0 Å². The molecule has 0 saturated carbocycles. The molecule has 37 heavy (non-hydrogen) atoms. The molecule has 12 heteroatoms. The summed E-state index contributed by atoms with van der Waals surface area (Å²) in [4.78, 5) is 26.9. The zero-order chi connectivity index (χ0) is 27.9. The van der Waals surface area contributed by atoms with Gasteiger partial charge in [0.1, 0.15) is 24.4 Å². The number of carbonyl (C=O) groups excluding carboxylic acids is 2. The molecule has 1 unspecified atom stereocenters. The minimum absolute atomic E-state index is 0.0198. The van der Waals surface area contributed by atoms with Crippen LogP contribution in [0.5, 0.6) is 0 Å². The van der Waals surface area contributed by atoms with Crippen molar-refractivity contribution in [1.29, 1.82) is 0 Å². The molecule has 0 radical (unpaired) electrons. The van der Waals surface area contributed by atoms with Crippen LogP contribution in [0.4, 0.5) is 17.6 Å². The Morgan fingerprint density at radius 3 is 2.32 bits per heavy atom. The van der Waals surface area contributed by atoms with Crippen molar-refractivity contribution in [2.75, 3.05) is 13.7 Å². The van der Waals surface area contributed by atoms with E-state index >= 15 is 0 Å². The number of amides is 2. The van der Waals surface area contributed by atoms with Gasteiger partial charge in [0.05, 0.1) is 6.54 Å². The Morgan fingerprint density at radius 2 is 1.76 bits per heavy atom. The van der Waals surface area contributed by atoms with E-state index in [4.69, 9.17) is 4.74 Å². The Morgan fingerprint density at radius 1 is 1.14 bits per heavy atom. The first kappa shape index (κ1) is 30.7. The molecule has 0 bridgehead atoms. The number of ether oxygens (including phenoxy) is 1. The van der Waals surface area contributed by atoms with Crippen LogP contribution in [0.3, 0.4) is 0 Å². The maximum absolute atomic E-state index is 14.2. The molecule has 1 aliphatic heterocycles. The molecule has 1 aromatic rings. The number of nitrogens with one attached hydrogen (secondary N) is 1. The fraction of sp³-hybridized carbons (Fsp3) is 0.600. The average Bonchev–Trinajstić information content (AvgIpc) is 3.04.